The van der Waals surface area contributed by atoms with Crippen LogP contribution in [0, 0.1) is 12.3 Å². The Hall–Kier alpha value is -0.520. The number of ether oxygens (including phenoxy) is 1. The first-order valence-corrected chi connectivity index (χ1v) is 4.39. The third kappa shape index (κ3) is 2.00. The second-order valence-electron chi connectivity index (χ2n) is 2.86. The Morgan fingerprint density at radius 2 is 2.00 bits per heavy atom. The molecule has 0 aliphatic rings. The highest BCUT2D eigenvalue weighted by atomic mass is 16.5. The number of likely N-dealkylation sites (N-methyl/N-ethyl adjacent to an activating group) is 1. The standard InChI is InChI=1S/C10H19NO/c1-6-9(11-4)10(7-2,8-3)12-5/h1,9,11H,7-8H2,2-5H3. The van der Waals surface area contributed by atoms with Crippen molar-refractivity contribution in [3.05, 3.63) is 0 Å². The Labute approximate surface area is 75.7 Å². The Morgan fingerprint density at radius 1 is 1.50 bits per heavy atom. The zero-order chi connectivity index (χ0) is 9.61. The van der Waals surface area contributed by atoms with Gasteiger partial charge in [-0.05, 0) is 19.9 Å². The molecule has 0 saturated heterocycles. The molecule has 1 atom stereocenters. The van der Waals surface area contributed by atoms with Crippen molar-refractivity contribution in [2.75, 3.05) is 14.2 Å². The fourth-order valence-corrected chi connectivity index (χ4v) is 1.56. The van der Waals surface area contributed by atoms with E-state index in [9.17, 15) is 0 Å². The summed E-state index contributed by atoms with van der Waals surface area (Å²) in [6.07, 6.45) is 7.26. The van der Waals surface area contributed by atoms with Crippen LogP contribution in [0.15, 0.2) is 0 Å². The minimum Gasteiger partial charge on any atom is -0.376 e. The molecular formula is C10H19NO. The molecule has 0 aromatic heterocycles. The van der Waals surface area contributed by atoms with Crippen molar-refractivity contribution in [1.29, 1.82) is 0 Å². The Bertz CT molecular complexity index is 147. The van der Waals surface area contributed by atoms with Crippen LogP contribution in [0.3, 0.4) is 0 Å². The summed E-state index contributed by atoms with van der Waals surface area (Å²) in [6.45, 7) is 4.18. The average Bonchev–Trinajstić information content (AvgIpc) is 2.14. The van der Waals surface area contributed by atoms with Gasteiger partial charge in [-0.15, -0.1) is 6.42 Å². The molecule has 1 unspecified atom stereocenters. The fraction of sp³-hybridized carbons (Fsp3) is 0.800. The van der Waals surface area contributed by atoms with Crippen molar-refractivity contribution in [1.82, 2.24) is 5.32 Å². The summed E-state index contributed by atoms with van der Waals surface area (Å²) >= 11 is 0. The molecule has 0 radical (unpaired) electrons. The van der Waals surface area contributed by atoms with E-state index in [1.165, 1.54) is 0 Å². The van der Waals surface area contributed by atoms with Crippen molar-refractivity contribution in [3.63, 3.8) is 0 Å². The van der Waals surface area contributed by atoms with Gasteiger partial charge in [0.15, 0.2) is 0 Å². The van der Waals surface area contributed by atoms with Crippen LogP contribution >= 0.6 is 0 Å². The first-order chi connectivity index (χ1) is 5.70. The van der Waals surface area contributed by atoms with Crippen molar-refractivity contribution in [2.45, 2.75) is 38.3 Å². The number of methoxy groups -OCH3 is 1. The summed E-state index contributed by atoms with van der Waals surface area (Å²) in [7, 11) is 3.58. The molecule has 0 rings (SSSR count). The SMILES string of the molecule is C#CC(NC)C(CC)(CC)OC. The first-order valence-electron chi connectivity index (χ1n) is 4.39. The molecule has 0 fully saturated rings. The lowest BCUT2D eigenvalue weighted by atomic mass is 9.89. The molecule has 0 saturated carbocycles. The molecule has 0 aromatic carbocycles. The summed E-state index contributed by atoms with van der Waals surface area (Å²) in [5.74, 6) is 2.71. The number of hydrogen-bond donors (Lipinski definition) is 1. The normalized spacial score (nSPS) is 13.9. The predicted molar refractivity (Wildman–Crippen MR) is 52.0 cm³/mol. The Balaban J connectivity index is 4.57. The van der Waals surface area contributed by atoms with E-state index in [2.05, 4.69) is 25.1 Å². The monoisotopic (exact) mass is 169 g/mol. The van der Waals surface area contributed by atoms with Gasteiger partial charge in [0.2, 0.25) is 0 Å². The van der Waals surface area contributed by atoms with Gasteiger partial charge in [-0.1, -0.05) is 19.8 Å². The summed E-state index contributed by atoms with van der Waals surface area (Å²) < 4.78 is 5.48. The molecular weight excluding hydrogens is 150 g/mol. The van der Waals surface area contributed by atoms with Crippen LogP contribution in [-0.4, -0.2) is 25.8 Å². The lowest BCUT2D eigenvalue weighted by molar-refractivity contribution is -0.0311. The number of rotatable bonds is 5. The molecule has 0 heterocycles. The van der Waals surface area contributed by atoms with Gasteiger partial charge in [-0.25, -0.2) is 0 Å². The molecule has 12 heavy (non-hydrogen) atoms. The molecule has 2 heteroatoms. The van der Waals surface area contributed by atoms with E-state index in [-0.39, 0.29) is 11.6 Å². The molecule has 0 spiro atoms. The summed E-state index contributed by atoms with van der Waals surface area (Å²) in [5, 5.41) is 3.08. The summed E-state index contributed by atoms with van der Waals surface area (Å²) in [4.78, 5) is 0. The van der Waals surface area contributed by atoms with Gasteiger partial charge in [0.05, 0.1) is 11.6 Å². The van der Waals surface area contributed by atoms with Gasteiger partial charge in [0.1, 0.15) is 0 Å². The van der Waals surface area contributed by atoms with Crippen LogP contribution in [0.2, 0.25) is 0 Å². The van der Waals surface area contributed by atoms with Crippen molar-refractivity contribution >= 4 is 0 Å². The average molecular weight is 169 g/mol. The van der Waals surface area contributed by atoms with Gasteiger partial charge in [0.25, 0.3) is 0 Å². The van der Waals surface area contributed by atoms with E-state index in [0.717, 1.165) is 12.8 Å². The number of hydrogen-bond acceptors (Lipinski definition) is 2. The lowest BCUT2D eigenvalue weighted by Gasteiger charge is -2.35. The van der Waals surface area contributed by atoms with E-state index in [4.69, 9.17) is 11.2 Å². The van der Waals surface area contributed by atoms with Crippen LogP contribution in [0.1, 0.15) is 26.7 Å². The molecule has 70 valence electrons. The van der Waals surface area contributed by atoms with Gasteiger partial charge < -0.3 is 10.1 Å². The van der Waals surface area contributed by atoms with E-state index in [0.29, 0.717) is 0 Å². The zero-order valence-electron chi connectivity index (χ0n) is 8.48. The van der Waals surface area contributed by atoms with Crippen LogP contribution in [0.5, 0.6) is 0 Å². The molecule has 2 nitrogen and oxygen atoms in total. The van der Waals surface area contributed by atoms with Crippen molar-refractivity contribution < 1.29 is 4.74 Å². The summed E-state index contributed by atoms with van der Waals surface area (Å²) in [6, 6.07) is -0.00231. The highest BCUT2D eigenvalue weighted by molar-refractivity contribution is 5.09. The summed E-state index contributed by atoms with van der Waals surface area (Å²) in [5.41, 5.74) is -0.205. The first kappa shape index (κ1) is 11.5. The smallest absolute Gasteiger partial charge is 0.0978 e. The molecule has 1 N–H and O–H groups in total. The van der Waals surface area contributed by atoms with Gasteiger partial charge in [-0.3, -0.25) is 0 Å². The lowest BCUT2D eigenvalue weighted by Crippen LogP contribution is -2.49. The molecule has 0 amide bonds. The molecule has 0 bridgehead atoms. The third-order valence-electron chi connectivity index (χ3n) is 2.58. The van der Waals surface area contributed by atoms with E-state index < -0.39 is 0 Å². The van der Waals surface area contributed by atoms with E-state index in [1.54, 1.807) is 7.11 Å². The minimum atomic E-state index is -0.205. The van der Waals surface area contributed by atoms with Crippen molar-refractivity contribution in [2.24, 2.45) is 0 Å². The van der Waals surface area contributed by atoms with E-state index in [1.807, 2.05) is 7.05 Å². The molecule has 0 aromatic rings. The predicted octanol–water partition coefficient (Wildman–Crippen LogP) is 1.41. The maximum absolute atomic E-state index is 5.48. The quantitative estimate of drug-likeness (QED) is 0.628. The van der Waals surface area contributed by atoms with Gasteiger partial charge in [-0.2, -0.15) is 0 Å². The second kappa shape index (κ2) is 5.18. The molecule has 0 aliphatic heterocycles. The molecule has 0 aliphatic carbocycles. The van der Waals surface area contributed by atoms with Gasteiger partial charge >= 0.3 is 0 Å². The van der Waals surface area contributed by atoms with Crippen LogP contribution in [0.4, 0.5) is 0 Å². The third-order valence-corrected chi connectivity index (χ3v) is 2.58. The maximum atomic E-state index is 5.48. The van der Waals surface area contributed by atoms with Crippen molar-refractivity contribution in [3.8, 4) is 12.3 Å². The van der Waals surface area contributed by atoms with Crippen LogP contribution in [-0.2, 0) is 4.74 Å². The highest BCUT2D eigenvalue weighted by Crippen LogP contribution is 2.23. The largest absolute Gasteiger partial charge is 0.376 e. The Morgan fingerprint density at radius 3 is 2.08 bits per heavy atom. The highest BCUT2D eigenvalue weighted by Gasteiger charge is 2.33. The second-order valence-corrected chi connectivity index (χ2v) is 2.86. The topological polar surface area (TPSA) is 21.3 Å². The fourth-order valence-electron chi connectivity index (χ4n) is 1.56. The maximum Gasteiger partial charge on any atom is 0.0978 e. The minimum absolute atomic E-state index is 0.00231. The van der Waals surface area contributed by atoms with Crippen LogP contribution < -0.4 is 5.32 Å². The Kier molecular flexibility index (Phi) is 4.96. The zero-order valence-corrected chi connectivity index (χ0v) is 8.48. The number of terminal acetylenes is 1. The van der Waals surface area contributed by atoms with E-state index >= 15 is 0 Å². The van der Waals surface area contributed by atoms with Gasteiger partial charge in [0, 0.05) is 7.11 Å². The van der Waals surface area contributed by atoms with Crippen LogP contribution in [0.25, 0.3) is 0 Å². The number of nitrogens with one attached hydrogen (secondary N) is 1.